The van der Waals surface area contributed by atoms with E-state index >= 15 is 0 Å². The number of nitrogens with one attached hydrogen (secondary N) is 1. The van der Waals surface area contributed by atoms with Gasteiger partial charge in [0.1, 0.15) is 0 Å². The molecule has 0 bridgehead atoms. The van der Waals surface area contributed by atoms with Crippen LogP contribution in [-0.4, -0.2) is 37.1 Å². The Morgan fingerprint density at radius 1 is 1.14 bits per heavy atom. The smallest absolute Gasteiger partial charge is 0.0107 e. The van der Waals surface area contributed by atoms with Gasteiger partial charge < -0.3 is 10.2 Å². The second kappa shape index (κ2) is 6.41. The van der Waals surface area contributed by atoms with Gasteiger partial charge in [-0.25, -0.2) is 0 Å². The summed E-state index contributed by atoms with van der Waals surface area (Å²) in [5, 5.41) is 3.62. The third-order valence-electron chi connectivity index (χ3n) is 3.51. The predicted octanol–water partition coefficient (Wildman–Crippen LogP) is 2.11. The van der Waals surface area contributed by atoms with Crippen LogP contribution in [0.3, 0.4) is 0 Å². The monoisotopic (exact) mass is 198 g/mol. The quantitative estimate of drug-likeness (QED) is 0.703. The maximum atomic E-state index is 3.62. The molecular weight excluding hydrogens is 172 g/mol. The van der Waals surface area contributed by atoms with E-state index in [1.807, 2.05) is 0 Å². The second-order valence-corrected chi connectivity index (χ2v) is 4.34. The molecule has 0 aromatic carbocycles. The van der Waals surface area contributed by atoms with E-state index in [-0.39, 0.29) is 0 Å². The molecule has 2 nitrogen and oxygen atoms in total. The molecule has 1 N–H and O–H groups in total. The molecule has 1 fully saturated rings. The van der Waals surface area contributed by atoms with E-state index in [0.29, 0.717) is 0 Å². The lowest BCUT2D eigenvalue weighted by Crippen LogP contribution is -2.39. The zero-order valence-corrected chi connectivity index (χ0v) is 10.1. The summed E-state index contributed by atoms with van der Waals surface area (Å²) in [5.41, 5.74) is 0. The van der Waals surface area contributed by atoms with Crippen molar-refractivity contribution in [2.75, 3.05) is 26.2 Å². The van der Waals surface area contributed by atoms with Crippen molar-refractivity contribution in [3.8, 4) is 0 Å². The van der Waals surface area contributed by atoms with Gasteiger partial charge in [-0.05, 0) is 38.4 Å². The molecular formula is C12H26N2. The molecule has 0 amide bonds. The summed E-state index contributed by atoms with van der Waals surface area (Å²) >= 11 is 0. The Morgan fingerprint density at radius 2 is 1.86 bits per heavy atom. The molecule has 2 atom stereocenters. The summed E-state index contributed by atoms with van der Waals surface area (Å²) < 4.78 is 0. The molecule has 2 unspecified atom stereocenters. The Kier molecular flexibility index (Phi) is 5.49. The first kappa shape index (κ1) is 12.0. The molecule has 1 aliphatic rings. The van der Waals surface area contributed by atoms with Crippen molar-refractivity contribution in [2.45, 2.75) is 46.1 Å². The van der Waals surface area contributed by atoms with Crippen molar-refractivity contribution in [1.29, 1.82) is 0 Å². The van der Waals surface area contributed by atoms with E-state index < -0.39 is 0 Å². The highest BCUT2D eigenvalue weighted by Gasteiger charge is 2.27. The average molecular weight is 198 g/mol. The molecule has 84 valence electrons. The molecule has 2 heteroatoms. The van der Waals surface area contributed by atoms with E-state index in [9.17, 15) is 0 Å². The van der Waals surface area contributed by atoms with E-state index in [1.165, 1.54) is 38.9 Å². The fourth-order valence-electron chi connectivity index (χ4n) is 2.60. The van der Waals surface area contributed by atoms with E-state index in [0.717, 1.165) is 18.5 Å². The van der Waals surface area contributed by atoms with Crippen molar-refractivity contribution in [3.05, 3.63) is 0 Å². The van der Waals surface area contributed by atoms with Gasteiger partial charge in [0.25, 0.3) is 0 Å². The van der Waals surface area contributed by atoms with Crippen LogP contribution in [0.15, 0.2) is 0 Å². The lowest BCUT2D eigenvalue weighted by Gasteiger charge is -2.27. The van der Waals surface area contributed by atoms with Crippen molar-refractivity contribution < 1.29 is 0 Å². The number of hydrogen-bond acceptors (Lipinski definition) is 2. The van der Waals surface area contributed by atoms with Crippen molar-refractivity contribution in [3.63, 3.8) is 0 Å². The Labute approximate surface area is 89.1 Å². The van der Waals surface area contributed by atoms with Crippen LogP contribution in [0.4, 0.5) is 0 Å². The van der Waals surface area contributed by atoms with Crippen LogP contribution in [-0.2, 0) is 0 Å². The summed E-state index contributed by atoms with van der Waals surface area (Å²) in [6.45, 7) is 11.6. The summed E-state index contributed by atoms with van der Waals surface area (Å²) in [5.74, 6) is 0.898. The Balaban J connectivity index is 2.34. The van der Waals surface area contributed by atoms with Gasteiger partial charge in [0.2, 0.25) is 0 Å². The predicted molar refractivity (Wildman–Crippen MR) is 62.6 cm³/mol. The van der Waals surface area contributed by atoms with E-state index in [1.54, 1.807) is 0 Å². The maximum absolute atomic E-state index is 3.62. The minimum absolute atomic E-state index is 0.792. The van der Waals surface area contributed by atoms with Crippen LogP contribution in [0.25, 0.3) is 0 Å². The van der Waals surface area contributed by atoms with Gasteiger partial charge in [-0.2, -0.15) is 0 Å². The standard InChI is InChI=1S/C12H26N2/c1-4-13-12-9-7-8-11(12)10-14(5-2)6-3/h11-13H,4-10H2,1-3H3. The normalized spacial score (nSPS) is 27.4. The van der Waals surface area contributed by atoms with E-state index in [2.05, 4.69) is 31.0 Å². The Hall–Kier alpha value is -0.0800. The van der Waals surface area contributed by atoms with Gasteiger partial charge in [0, 0.05) is 12.6 Å². The summed E-state index contributed by atoms with van der Waals surface area (Å²) in [4.78, 5) is 2.56. The van der Waals surface area contributed by atoms with Crippen molar-refractivity contribution in [2.24, 2.45) is 5.92 Å². The van der Waals surface area contributed by atoms with Gasteiger partial charge in [-0.3, -0.25) is 0 Å². The minimum atomic E-state index is 0.792. The molecule has 0 saturated heterocycles. The number of hydrogen-bond donors (Lipinski definition) is 1. The molecule has 0 heterocycles. The first-order chi connectivity index (χ1) is 6.81. The largest absolute Gasteiger partial charge is 0.314 e. The molecule has 1 saturated carbocycles. The van der Waals surface area contributed by atoms with Crippen molar-refractivity contribution in [1.82, 2.24) is 10.2 Å². The van der Waals surface area contributed by atoms with E-state index in [4.69, 9.17) is 0 Å². The molecule has 0 aromatic heterocycles. The first-order valence-corrected chi connectivity index (χ1v) is 6.27. The zero-order valence-electron chi connectivity index (χ0n) is 10.1. The highest BCUT2D eigenvalue weighted by atomic mass is 15.1. The lowest BCUT2D eigenvalue weighted by atomic mass is 10.0. The third-order valence-corrected chi connectivity index (χ3v) is 3.51. The Bertz CT molecular complexity index is 143. The average Bonchev–Trinajstić information content (AvgIpc) is 2.62. The first-order valence-electron chi connectivity index (χ1n) is 6.27. The van der Waals surface area contributed by atoms with Gasteiger partial charge in [0.15, 0.2) is 0 Å². The zero-order chi connectivity index (χ0) is 10.4. The summed E-state index contributed by atoms with van der Waals surface area (Å²) in [6, 6.07) is 0.792. The van der Waals surface area contributed by atoms with Crippen LogP contribution in [0.2, 0.25) is 0 Å². The van der Waals surface area contributed by atoms with Gasteiger partial charge in [-0.1, -0.05) is 27.2 Å². The molecule has 0 radical (unpaired) electrons. The fourth-order valence-corrected chi connectivity index (χ4v) is 2.60. The Morgan fingerprint density at radius 3 is 2.43 bits per heavy atom. The van der Waals surface area contributed by atoms with Gasteiger partial charge in [-0.15, -0.1) is 0 Å². The van der Waals surface area contributed by atoms with Crippen LogP contribution in [0, 0.1) is 5.92 Å². The molecule has 1 rings (SSSR count). The van der Waals surface area contributed by atoms with Crippen LogP contribution >= 0.6 is 0 Å². The summed E-state index contributed by atoms with van der Waals surface area (Å²) in [7, 11) is 0. The van der Waals surface area contributed by atoms with Crippen LogP contribution < -0.4 is 5.32 Å². The lowest BCUT2D eigenvalue weighted by molar-refractivity contribution is 0.232. The van der Waals surface area contributed by atoms with Crippen LogP contribution in [0.1, 0.15) is 40.0 Å². The molecule has 14 heavy (non-hydrogen) atoms. The second-order valence-electron chi connectivity index (χ2n) is 4.34. The highest BCUT2D eigenvalue weighted by Crippen LogP contribution is 2.26. The van der Waals surface area contributed by atoms with Gasteiger partial charge >= 0.3 is 0 Å². The molecule has 0 aromatic rings. The fraction of sp³-hybridized carbons (Fsp3) is 1.00. The summed E-state index contributed by atoms with van der Waals surface area (Å²) in [6.07, 6.45) is 4.23. The van der Waals surface area contributed by atoms with Crippen molar-refractivity contribution >= 4 is 0 Å². The topological polar surface area (TPSA) is 15.3 Å². The number of rotatable bonds is 6. The highest BCUT2D eigenvalue weighted by molar-refractivity contribution is 4.84. The maximum Gasteiger partial charge on any atom is 0.0107 e. The molecule has 0 spiro atoms. The van der Waals surface area contributed by atoms with Crippen LogP contribution in [0.5, 0.6) is 0 Å². The molecule has 1 aliphatic carbocycles. The third kappa shape index (κ3) is 3.25. The number of nitrogens with zero attached hydrogens (tertiary/aromatic N) is 1. The van der Waals surface area contributed by atoms with Gasteiger partial charge in [0.05, 0.1) is 0 Å². The minimum Gasteiger partial charge on any atom is -0.314 e. The SMILES string of the molecule is CCNC1CCCC1CN(CC)CC. The molecule has 0 aliphatic heterocycles.